The molecule has 0 unspecified atom stereocenters. The molecule has 2 aliphatic heterocycles. The van der Waals surface area contributed by atoms with Gasteiger partial charge in [-0.1, -0.05) is 12.2 Å². The highest BCUT2D eigenvalue weighted by molar-refractivity contribution is 6.06. The number of hydrogen-bond donors (Lipinski definition) is 1. The van der Waals surface area contributed by atoms with Crippen LogP contribution in [0.2, 0.25) is 0 Å². The number of carbonyl (C=O) groups excluding carboxylic acids is 2. The quantitative estimate of drug-likeness (QED) is 0.848. The summed E-state index contributed by atoms with van der Waals surface area (Å²) in [6.07, 6.45) is 6.89. The van der Waals surface area contributed by atoms with Gasteiger partial charge >= 0.3 is 0 Å². The van der Waals surface area contributed by atoms with Gasteiger partial charge in [0.25, 0.3) is 11.8 Å². The molecule has 6 nitrogen and oxygen atoms in total. The highest BCUT2D eigenvalue weighted by Gasteiger charge is 2.26. The highest BCUT2D eigenvalue weighted by atomic mass is 19.1. The molecule has 0 bridgehead atoms. The van der Waals surface area contributed by atoms with Crippen molar-refractivity contribution in [2.75, 3.05) is 43.0 Å². The number of rotatable bonds is 4. The van der Waals surface area contributed by atoms with E-state index in [4.69, 9.17) is 4.74 Å². The lowest BCUT2D eigenvalue weighted by Crippen LogP contribution is -2.49. The second kappa shape index (κ2) is 8.51. The van der Waals surface area contributed by atoms with Gasteiger partial charge in [0.1, 0.15) is 5.83 Å². The molecule has 1 aromatic rings. The molecular weight excluding hydrogens is 373 g/mol. The summed E-state index contributed by atoms with van der Waals surface area (Å²) in [5.41, 5.74) is 1.74. The lowest BCUT2D eigenvalue weighted by Gasteiger charge is -2.36. The first-order valence-electron chi connectivity index (χ1n) is 9.95. The molecule has 1 N–H and O–H groups in total. The minimum absolute atomic E-state index is 0.0292. The topological polar surface area (TPSA) is 61.9 Å². The lowest BCUT2D eigenvalue weighted by molar-refractivity contribution is -0.130. The Hall–Kier alpha value is -3.09. The van der Waals surface area contributed by atoms with E-state index >= 15 is 0 Å². The van der Waals surface area contributed by atoms with Crippen LogP contribution in [0.3, 0.4) is 0 Å². The second-order valence-corrected chi connectivity index (χ2v) is 7.25. The maximum absolute atomic E-state index is 13.8. The molecule has 0 aromatic heterocycles. The Morgan fingerprint density at radius 3 is 2.45 bits per heavy atom. The van der Waals surface area contributed by atoms with Crippen molar-refractivity contribution in [2.45, 2.75) is 19.3 Å². The Kier molecular flexibility index (Phi) is 5.64. The number of nitrogens with zero attached hydrogens (tertiary/aromatic N) is 2. The Labute approximate surface area is 169 Å². The number of allylic oxidation sites excluding steroid dienone is 2. The van der Waals surface area contributed by atoms with Crippen LogP contribution in [0.1, 0.15) is 19.3 Å². The summed E-state index contributed by atoms with van der Waals surface area (Å²) >= 11 is 0. The predicted octanol–water partition coefficient (Wildman–Crippen LogP) is 3.15. The molecule has 152 valence electrons. The first-order valence-corrected chi connectivity index (χ1v) is 9.95. The normalized spacial score (nSPS) is 19.1. The summed E-state index contributed by atoms with van der Waals surface area (Å²) < 4.78 is 19.2. The van der Waals surface area contributed by atoms with E-state index in [2.05, 4.69) is 10.2 Å². The SMILES string of the molecule is O=C(Nc1ccc(N2CCN(C(=O)C3=CCCO3)CC2)cc1)C1=C(F)CCC=C1. The van der Waals surface area contributed by atoms with Gasteiger partial charge in [-0.05, 0) is 36.8 Å². The number of piperazine rings is 1. The highest BCUT2D eigenvalue weighted by Crippen LogP contribution is 2.24. The minimum atomic E-state index is -0.429. The molecule has 1 saturated heterocycles. The number of carbonyl (C=O) groups is 2. The fourth-order valence-electron chi connectivity index (χ4n) is 3.68. The van der Waals surface area contributed by atoms with Gasteiger partial charge in [-0.3, -0.25) is 9.59 Å². The molecule has 0 saturated carbocycles. The average molecular weight is 397 g/mol. The number of anilines is 2. The van der Waals surface area contributed by atoms with Crippen LogP contribution < -0.4 is 10.2 Å². The van der Waals surface area contributed by atoms with Crippen LogP contribution in [0.4, 0.5) is 15.8 Å². The Morgan fingerprint density at radius 1 is 1.03 bits per heavy atom. The largest absolute Gasteiger partial charge is 0.488 e. The summed E-state index contributed by atoms with van der Waals surface area (Å²) in [7, 11) is 0. The molecule has 7 heteroatoms. The number of ether oxygens (including phenoxy) is 1. The van der Waals surface area contributed by atoms with Crippen molar-refractivity contribution in [3.8, 4) is 0 Å². The fourth-order valence-corrected chi connectivity index (χ4v) is 3.68. The zero-order chi connectivity index (χ0) is 20.2. The summed E-state index contributed by atoms with van der Waals surface area (Å²) in [6.45, 7) is 3.32. The van der Waals surface area contributed by atoms with Crippen molar-refractivity contribution < 1.29 is 18.7 Å². The van der Waals surface area contributed by atoms with Crippen molar-refractivity contribution in [2.24, 2.45) is 0 Å². The van der Waals surface area contributed by atoms with Gasteiger partial charge in [0.05, 0.1) is 12.2 Å². The van der Waals surface area contributed by atoms with Crippen LogP contribution >= 0.6 is 0 Å². The third-order valence-electron chi connectivity index (χ3n) is 5.33. The minimum Gasteiger partial charge on any atom is -0.488 e. The van der Waals surface area contributed by atoms with Gasteiger partial charge in [-0.2, -0.15) is 0 Å². The third-order valence-corrected chi connectivity index (χ3v) is 5.33. The first kappa shape index (κ1) is 19.2. The van der Waals surface area contributed by atoms with Gasteiger partial charge < -0.3 is 19.9 Å². The molecule has 1 fully saturated rings. The zero-order valence-electron chi connectivity index (χ0n) is 16.2. The number of halogens is 1. The summed E-state index contributed by atoms with van der Waals surface area (Å²) in [5, 5.41) is 2.75. The molecule has 3 aliphatic rings. The monoisotopic (exact) mass is 397 g/mol. The zero-order valence-corrected chi connectivity index (χ0v) is 16.2. The van der Waals surface area contributed by atoms with Gasteiger partial charge in [0.15, 0.2) is 5.76 Å². The molecule has 1 aliphatic carbocycles. The molecule has 2 amide bonds. The van der Waals surface area contributed by atoms with E-state index in [0.717, 1.165) is 25.2 Å². The van der Waals surface area contributed by atoms with Crippen LogP contribution in [-0.2, 0) is 14.3 Å². The fraction of sp³-hybridized carbons (Fsp3) is 0.364. The molecular formula is C22H24FN3O3. The molecule has 0 radical (unpaired) electrons. The third kappa shape index (κ3) is 4.34. The summed E-state index contributed by atoms with van der Waals surface area (Å²) in [6, 6.07) is 7.48. The van der Waals surface area contributed by atoms with Crippen molar-refractivity contribution in [1.82, 2.24) is 4.90 Å². The van der Waals surface area contributed by atoms with E-state index in [9.17, 15) is 14.0 Å². The number of benzene rings is 1. The smallest absolute Gasteiger partial charge is 0.288 e. The maximum atomic E-state index is 13.8. The lowest BCUT2D eigenvalue weighted by atomic mass is 10.1. The van der Waals surface area contributed by atoms with Gasteiger partial charge in [0, 0.05) is 50.4 Å². The standard InChI is InChI=1S/C22H24FN3O3/c23-19-5-2-1-4-18(19)21(27)24-16-7-9-17(10-8-16)25-11-13-26(14-12-25)22(28)20-6-3-15-29-20/h1,4,6-10H,2-3,5,11-15H2,(H,24,27). The van der Waals surface area contributed by atoms with Crippen LogP contribution in [0.25, 0.3) is 0 Å². The van der Waals surface area contributed by atoms with Crippen LogP contribution in [-0.4, -0.2) is 49.5 Å². The molecule has 1 aromatic carbocycles. The summed E-state index contributed by atoms with van der Waals surface area (Å²) in [5.74, 6) is -0.356. The van der Waals surface area contributed by atoms with E-state index in [1.807, 2.05) is 35.2 Å². The molecule has 2 heterocycles. The number of amides is 2. The van der Waals surface area contributed by atoms with E-state index in [-0.39, 0.29) is 23.7 Å². The van der Waals surface area contributed by atoms with Crippen LogP contribution in [0.15, 0.2) is 59.7 Å². The Bertz CT molecular complexity index is 881. The molecule has 0 atom stereocenters. The number of hydrogen-bond acceptors (Lipinski definition) is 4. The van der Waals surface area contributed by atoms with E-state index in [1.54, 1.807) is 6.08 Å². The summed E-state index contributed by atoms with van der Waals surface area (Å²) in [4.78, 5) is 28.7. The molecule has 0 spiro atoms. The molecule has 29 heavy (non-hydrogen) atoms. The maximum Gasteiger partial charge on any atom is 0.288 e. The Morgan fingerprint density at radius 2 is 1.79 bits per heavy atom. The van der Waals surface area contributed by atoms with Crippen molar-refractivity contribution in [3.63, 3.8) is 0 Å². The van der Waals surface area contributed by atoms with E-state index in [1.165, 1.54) is 6.08 Å². The average Bonchev–Trinajstić information content (AvgIpc) is 3.29. The Balaban J connectivity index is 1.32. The van der Waals surface area contributed by atoms with Crippen LogP contribution in [0, 0.1) is 0 Å². The van der Waals surface area contributed by atoms with E-state index < -0.39 is 5.91 Å². The first-order chi connectivity index (χ1) is 14.1. The van der Waals surface area contributed by atoms with Crippen molar-refractivity contribution >= 4 is 23.2 Å². The predicted molar refractivity (Wildman–Crippen MR) is 109 cm³/mol. The van der Waals surface area contributed by atoms with E-state index in [0.29, 0.717) is 37.6 Å². The van der Waals surface area contributed by atoms with Gasteiger partial charge in [-0.15, -0.1) is 0 Å². The second-order valence-electron chi connectivity index (χ2n) is 7.25. The van der Waals surface area contributed by atoms with Crippen LogP contribution in [0.5, 0.6) is 0 Å². The number of nitrogens with one attached hydrogen (secondary N) is 1. The van der Waals surface area contributed by atoms with Crippen molar-refractivity contribution in [1.29, 1.82) is 0 Å². The molecule has 4 rings (SSSR count). The van der Waals surface area contributed by atoms with Gasteiger partial charge in [0.2, 0.25) is 0 Å². The van der Waals surface area contributed by atoms with Gasteiger partial charge in [-0.25, -0.2) is 4.39 Å². The van der Waals surface area contributed by atoms with Crippen molar-refractivity contribution in [3.05, 3.63) is 59.7 Å².